The zero-order chi connectivity index (χ0) is 15.3. The average Bonchev–Trinajstić information content (AvgIpc) is 2.92. The lowest BCUT2D eigenvalue weighted by atomic mass is 10.2. The molecular weight excluding hydrogens is 286 g/mol. The fourth-order valence-electron chi connectivity index (χ4n) is 2.60. The van der Waals surface area contributed by atoms with Crippen LogP contribution in [0.1, 0.15) is 25.3 Å². The van der Waals surface area contributed by atoms with Gasteiger partial charge < -0.3 is 4.90 Å². The first kappa shape index (κ1) is 16.0. The highest BCUT2D eigenvalue weighted by Crippen LogP contribution is 2.13. The molecule has 6 heteroatoms. The highest BCUT2D eigenvalue weighted by atomic mass is 32.2. The van der Waals surface area contributed by atoms with Crippen LogP contribution in [0.4, 0.5) is 0 Å². The lowest BCUT2D eigenvalue weighted by Crippen LogP contribution is -2.41. The van der Waals surface area contributed by atoms with Crippen molar-refractivity contribution in [3.05, 3.63) is 29.8 Å². The first-order chi connectivity index (χ1) is 10.0. The summed E-state index contributed by atoms with van der Waals surface area (Å²) in [6.07, 6.45) is 2.68. The summed E-state index contributed by atoms with van der Waals surface area (Å²) in [6.45, 7) is 4.73. The van der Waals surface area contributed by atoms with E-state index in [1.165, 1.54) is 12.8 Å². The lowest BCUT2D eigenvalue weighted by molar-refractivity contribution is 0.313. The molecule has 0 aliphatic carbocycles. The van der Waals surface area contributed by atoms with Crippen LogP contribution in [-0.4, -0.2) is 39.0 Å². The number of rotatable bonds is 6. The maximum absolute atomic E-state index is 12.3. The summed E-state index contributed by atoms with van der Waals surface area (Å²) in [4.78, 5) is 2.53. The smallest absolute Gasteiger partial charge is 0.240 e. The van der Waals surface area contributed by atoms with E-state index in [1.807, 2.05) is 13.0 Å². The molecule has 1 atom stereocenters. The lowest BCUT2D eigenvalue weighted by Gasteiger charge is -2.21. The molecule has 1 aliphatic heterocycles. The molecule has 1 unspecified atom stereocenters. The second-order valence-corrected chi connectivity index (χ2v) is 7.22. The Morgan fingerprint density at radius 3 is 2.48 bits per heavy atom. The monoisotopic (exact) mass is 307 g/mol. The highest BCUT2D eigenvalue weighted by Gasteiger charge is 2.20. The van der Waals surface area contributed by atoms with Crippen molar-refractivity contribution >= 4 is 10.0 Å². The minimum atomic E-state index is -3.49. The summed E-state index contributed by atoms with van der Waals surface area (Å²) in [7, 11) is -3.49. The largest absolute Gasteiger partial charge is 0.302 e. The third-order valence-corrected chi connectivity index (χ3v) is 5.21. The molecule has 1 saturated heterocycles. The Hall–Kier alpha value is -1.42. The van der Waals surface area contributed by atoms with Crippen molar-refractivity contribution in [2.45, 2.75) is 37.1 Å². The number of nitriles is 1. The van der Waals surface area contributed by atoms with Crippen LogP contribution in [0, 0.1) is 11.3 Å². The normalized spacial score (nSPS) is 17.5. The number of nitrogens with zero attached hydrogens (tertiary/aromatic N) is 2. The Morgan fingerprint density at radius 1 is 1.29 bits per heavy atom. The number of hydrogen-bond acceptors (Lipinski definition) is 4. The van der Waals surface area contributed by atoms with E-state index in [2.05, 4.69) is 9.62 Å². The van der Waals surface area contributed by atoms with Crippen LogP contribution >= 0.6 is 0 Å². The van der Waals surface area contributed by atoms with Crippen molar-refractivity contribution in [2.75, 3.05) is 19.6 Å². The standard InChI is InChI=1S/C15H21N3O2S/c1-13(12-18-10-2-3-11-18)17-21(19,20)15-6-4-14(5-7-15)8-9-16/h4-7,13,17H,2-3,8,10-12H2,1H3. The van der Waals surface area contributed by atoms with Crippen molar-refractivity contribution in [1.82, 2.24) is 9.62 Å². The van der Waals surface area contributed by atoms with Gasteiger partial charge in [0, 0.05) is 12.6 Å². The van der Waals surface area contributed by atoms with E-state index in [0.29, 0.717) is 6.42 Å². The maximum atomic E-state index is 12.3. The molecule has 1 aromatic carbocycles. The van der Waals surface area contributed by atoms with Gasteiger partial charge in [-0.15, -0.1) is 0 Å². The molecule has 0 aromatic heterocycles. The first-order valence-electron chi connectivity index (χ1n) is 7.22. The molecule has 2 rings (SSSR count). The van der Waals surface area contributed by atoms with Gasteiger partial charge in [0.1, 0.15) is 0 Å². The summed E-state index contributed by atoms with van der Waals surface area (Å²) in [5, 5.41) is 8.62. The predicted octanol–water partition coefficient (Wildman–Crippen LogP) is 1.52. The Morgan fingerprint density at radius 2 is 1.90 bits per heavy atom. The summed E-state index contributed by atoms with van der Waals surface area (Å²) in [6, 6.07) is 8.40. The van der Waals surface area contributed by atoms with E-state index in [0.717, 1.165) is 25.2 Å². The fraction of sp³-hybridized carbons (Fsp3) is 0.533. The molecule has 1 heterocycles. The minimum Gasteiger partial charge on any atom is -0.302 e. The van der Waals surface area contributed by atoms with E-state index in [9.17, 15) is 8.42 Å². The van der Waals surface area contributed by atoms with Crippen molar-refractivity contribution in [3.8, 4) is 6.07 Å². The Balaban J connectivity index is 1.98. The molecule has 5 nitrogen and oxygen atoms in total. The van der Waals surface area contributed by atoms with Crippen molar-refractivity contribution < 1.29 is 8.42 Å². The summed E-state index contributed by atoms with van der Waals surface area (Å²) in [5.74, 6) is 0. The summed E-state index contributed by atoms with van der Waals surface area (Å²) in [5.41, 5.74) is 0.821. The summed E-state index contributed by atoms with van der Waals surface area (Å²) >= 11 is 0. The third kappa shape index (κ3) is 4.53. The van der Waals surface area contributed by atoms with Crippen LogP contribution in [0.15, 0.2) is 29.2 Å². The van der Waals surface area contributed by atoms with E-state index >= 15 is 0 Å². The van der Waals surface area contributed by atoms with Gasteiger partial charge in [0.15, 0.2) is 0 Å². The topological polar surface area (TPSA) is 73.2 Å². The van der Waals surface area contributed by atoms with Gasteiger partial charge in [0.2, 0.25) is 10.0 Å². The van der Waals surface area contributed by atoms with Gasteiger partial charge in [-0.3, -0.25) is 0 Å². The SMILES string of the molecule is CC(CN1CCCC1)NS(=O)(=O)c1ccc(CC#N)cc1. The average molecular weight is 307 g/mol. The van der Waals surface area contributed by atoms with Gasteiger partial charge >= 0.3 is 0 Å². The Bertz CT molecular complexity index is 599. The quantitative estimate of drug-likeness (QED) is 0.864. The summed E-state index contributed by atoms with van der Waals surface area (Å²) < 4.78 is 27.3. The zero-order valence-corrected chi connectivity index (χ0v) is 13.1. The van der Waals surface area contributed by atoms with Gasteiger partial charge in [-0.2, -0.15) is 5.26 Å². The molecule has 0 bridgehead atoms. The van der Waals surface area contributed by atoms with E-state index < -0.39 is 10.0 Å². The van der Waals surface area contributed by atoms with Crippen LogP contribution in [-0.2, 0) is 16.4 Å². The van der Waals surface area contributed by atoms with E-state index in [-0.39, 0.29) is 10.9 Å². The number of sulfonamides is 1. The molecule has 0 radical (unpaired) electrons. The molecule has 1 N–H and O–H groups in total. The Kier molecular flexibility index (Phi) is 5.34. The van der Waals surface area contributed by atoms with Gasteiger partial charge in [0.25, 0.3) is 0 Å². The molecule has 1 aliphatic rings. The molecule has 114 valence electrons. The van der Waals surface area contributed by atoms with E-state index in [1.54, 1.807) is 24.3 Å². The molecular formula is C15H21N3O2S. The second kappa shape index (κ2) is 7.03. The number of benzene rings is 1. The van der Waals surface area contributed by atoms with Crippen LogP contribution in [0.5, 0.6) is 0 Å². The molecule has 1 aromatic rings. The van der Waals surface area contributed by atoms with Gasteiger partial charge in [-0.1, -0.05) is 12.1 Å². The highest BCUT2D eigenvalue weighted by molar-refractivity contribution is 7.89. The van der Waals surface area contributed by atoms with Gasteiger partial charge in [-0.05, 0) is 50.6 Å². The van der Waals surface area contributed by atoms with Crippen LogP contribution < -0.4 is 4.72 Å². The molecule has 1 fully saturated rings. The Labute approximate surface area is 126 Å². The number of likely N-dealkylation sites (tertiary alicyclic amines) is 1. The van der Waals surface area contributed by atoms with Crippen molar-refractivity contribution in [3.63, 3.8) is 0 Å². The van der Waals surface area contributed by atoms with Crippen LogP contribution in [0.2, 0.25) is 0 Å². The number of hydrogen-bond donors (Lipinski definition) is 1. The molecule has 0 amide bonds. The van der Waals surface area contributed by atoms with Gasteiger partial charge in [0.05, 0.1) is 17.4 Å². The van der Waals surface area contributed by atoms with Crippen molar-refractivity contribution in [1.29, 1.82) is 5.26 Å². The predicted molar refractivity (Wildman–Crippen MR) is 81.2 cm³/mol. The molecule has 0 spiro atoms. The van der Waals surface area contributed by atoms with Gasteiger partial charge in [-0.25, -0.2) is 13.1 Å². The molecule has 0 saturated carbocycles. The minimum absolute atomic E-state index is 0.119. The fourth-order valence-corrected chi connectivity index (χ4v) is 3.84. The van der Waals surface area contributed by atoms with Crippen LogP contribution in [0.25, 0.3) is 0 Å². The van der Waals surface area contributed by atoms with Crippen LogP contribution in [0.3, 0.4) is 0 Å². The third-order valence-electron chi connectivity index (χ3n) is 3.60. The number of nitrogens with one attached hydrogen (secondary N) is 1. The zero-order valence-electron chi connectivity index (χ0n) is 12.2. The maximum Gasteiger partial charge on any atom is 0.240 e. The van der Waals surface area contributed by atoms with Crippen molar-refractivity contribution in [2.24, 2.45) is 0 Å². The first-order valence-corrected chi connectivity index (χ1v) is 8.70. The second-order valence-electron chi connectivity index (χ2n) is 5.51. The molecule has 21 heavy (non-hydrogen) atoms. The van der Waals surface area contributed by atoms with E-state index in [4.69, 9.17) is 5.26 Å².